The predicted molar refractivity (Wildman–Crippen MR) is 56.1 cm³/mol. The lowest BCUT2D eigenvalue weighted by Gasteiger charge is -2.14. The molecule has 0 aliphatic carbocycles. The third-order valence-electron chi connectivity index (χ3n) is 1.84. The van der Waals surface area contributed by atoms with Crippen LogP contribution in [0.4, 0.5) is 0 Å². The van der Waals surface area contributed by atoms with E-state index in [2.05, 4.69) is 20.7 Å². The van der Waals surface area contributed by atoms with Crippen molar-refractivity contribution in [1.29, 1.82) is 0 Å². The highest BCUT2D eigenvalue weighted by Crippen LogP contribution is 2.26. The number of methoxy groups -OCH3 is 1. The van der Waals surface area contributed by atoms with Crippen LogP contribution in [0.15, 0.2) is 30.3 Å². The molecule has 0 unspecified atom stereocenters. The summed E-state index contributed by atoms with van der Waals surface area (Å²) < 4.78 is 4.44. The number of hydrogen-bond acceptors (Lipinski definition) is 3. The molecule has 0 amide bonds. The van der Waals surface area contributed by atoms with Gasteiger partial charge in [-0.3, -0.25) is 0 Å². The number of benzene rings is 1. The fraction of sp³-hybridized carbons (Fsp3) is 0.300. The first kappa shape index (κ1) is 11.2. The number of aliphatic hydroxyl groups is 1. The van der Waals surface area contributed by atoms with Crippen LogP contribution < -0.4 is 0 Å². The van der Waals surface area contributed by atoms with E-state index in [-0.39, 0.29) is 0 Å². The molecule has 0 aliphatic heterocycles. The van der Waals surface area contributed by atoms with Gasteiger partial charge in [0.2, 0.25) is 0 Å². The van der Waals surface area contributed by atoms with Crippen molar-refractivity contribution in [2.45, 2.75) is 10.9 Å². The van der Waals surface area contributed by atoms with Gasteiger partial charge >= 0.3 is 5.97 Å². The van der Waals surface area contributed by atoms with Crippen molar-refractivity contribution in [3.05, 3.63) is 35.9 Å². The van der Waals surface area contributed by atoms with Crippen molar-refractivity contribution >= 4 is 21.9 Å². The molecule has 0 saturated heterocycles. The van der Waals surface area contributed by atoms with E-state index in [1.165, 1.54) is 7.11 Å². The largest absolute Gasteiger partial charge is 0.467 e. The van der Waals surface area contributed by atoms with E-state index in [1.807, 2.05) is 30.3 Å². The minimum Gasteiger partial charge on any atom is -0.467 e. The van der Waals surface area contributed by atoms with Crippen molar-refractivity contribution < 1.29 is 14.6 Å². The second-order valence-electron chi connectivity index (χ2n) is 2.78. The summed E-state index contributed by atoms with van der Waals surface area (Å²) in [4.78, 5) is 10.6. The van der Waals surface area contributed by atoms with Crippen LogP contribution in [0, 0.1) is 0 Å². The molecule has 1 aromatic rings. The third-order valence-corrected chi connectivity index (χ3v) is 2.87. The maximum atomic E-state index is 11.0. The molecule has 76 valence electrons. The zero-order valence-corrected chi connectivity index (χ0v) is 9.27. The van der Waals surface area contributed by atoms with Gasteiger partial charge in [-0.1, -0.05) is 46.3 Å². The molecule has 2 atom stereocenters. The Morgan fingerprint density at radius 3 is 2.50 bits per heavy atom. The number of carbonyl (C=O) groups excluding carboxylic acids is 1. The summed E-state index contributed by atoms with van der Waals surface area (Å²) in [6.45, 7) is 0. The van der Waals surface area contributed by atoms with Gasteiger partial charge in [-0.15, -0.1) is 0 Å². The van der Waals surface area contributed by atoms with E-state index in [0.29, 0.717) is 0 Å². The Balaban J connectivity index is 2.75. The van der Waals surface area contributed by atoms with Crippen LogP contribution in [0.3, 0.4) is 0 Å². The van der Waals surface area contributed by atoms with Crippen molar-refractivity contribution in [2.24, 2.45) is 0 Å². The minimum atomic E-state index is -1.18. The SMILES string of the molecule is COC(=O)[C@H](O)[C@H](Br)c1ccccc1. The molecule has 3 nitrogen and oxygen atoms in total. The van der Waals surface area contributed by atoms with Crippen molar-refractivity contribution in [2.75, 3.05) is 7.11 Å². The predicted octanol–water partition coefficient (Wildman–Crippen LogP) is 1.66. The maximum absolute atomic E-state index is 11.0. The van der Waals surface area contributed by atoms with Crippen LogP contribution in [0.5, 0.6) is 0 Å². The van der Waals surface area contributed by atoms with E-state index >= 15 is 0 Å². The smallest absolute Gasteiger partial charge is 0.336 e. The molecule has 4 heteroatoms. The first-order valence-electron chi connectivity index (χ1n) is 4.11. The Labute approximate surface area is 90.8 Å². The first-order valence-corrected chi connectivity index (χ1v) is 5.03. The van der Waals surface area contributed by atoms with Crippen molar-refractivity contribution in [3.63, 3.8) is 0 Å². The fourth-order valence-electron chi connectivity index (χ4n) is 1.06. The second-order valence-corrected chi connectivity index (χ2v) is 3.77. The molecule has 1 aromatic carbocycles. The summed E-state index contributed by atoms with van der Waals surface area (Å²) in [5, 5.41) is 9.52. The highest BCUT2D eigenvalue weighted by Gasteiger charge is 2.25. The standard InChI is InChI=1S/C10H11BrO3/c1-14-10(13)9(12)8(11)7-5-3-2-4-6-7/h2-6,8-9,12H,1H3/t8-,9-/m1/s1. The molecule has 1 rings (SSSR count). The molecule has 1 N–H and O–H groups in total. The Morgan fingerprint density at radius 2 is 2.00 bits per heavy atom. The number of ether oxygens (including phenoxy) is 1. The average Bonchev–Trinajstić information content (AvgIpc) is 2.27. The summed E-state index contributed by atoms with van der Waals surface area (Å²) in [5.41, 5.74) is 0.838. The summed E-state index contributed by atoms with van der Waals surface area (Å²) in [5.74, 6) is -0.643. The average molecular weight is 259 g/mol. The van der Waals surface area contributed by atoms with Crippen LogP contribution in [0.1, 0.15) is 10.4 Å². The highest BCUT2D eigenvalue weighted by molar-refractivity contribution is 9.09. The highest BCUT2D eigenvalue weighted by atomic mass is 79.9. The lowest BCUT2D eigenvalue weighted by atomic mass is 10.1. The Bertz CT molecular complexity index is 299. The van der Waals surface area contributed by atoms with Gasteiger partial charge in [-0.05, 0) is 5.56 Å². The maximum Gasteiger partial charge on any atom is 0.336 e. The summed E-state index contributed by atoms with van der Waals surface area (Å²) >= 11 is 3.24. The molecule has 0 heterocycles. The van der Waals surface area contributed by atoms with E-state index in [4.69, 9.17) is 0 Å². The van der Waals surface area contributed by atoms with E-state index in [0.717, 1.165) is 5.56 Å². The number of rotatable bonds is 3. The Kier molecular flexibility index (Phi) is 4.10. The van der Waals surface area contributed by atoms with E-state index in [1.54, 1.807) is 0 Å². The molecule has 0 saturated carbocycles. The van der Waals surface area contributed by atoms with Gasteiger partial charge in [-0.25, -0.2) is 4.79 Å². The third kappa shape index (κ3) is 2.56. The quantitative estimate of drug-likeness (QED) is 0.663. The normalized spacial score (nSPS) is 14.5. The number of halogens is 1. The van der Waals surface area contributed by atoms with Gasteiger partial charge in [0.15, 0.2) is 6.10 Å². The number of esters is 1. The lowest BCUT2D eigenvalue weighted by Crippen LogP contribution is -2.26. The first-order chi connectivity index (χ1) is 6.66. The molecular formula is C10H11BrO3. The van der Waals surface area contributed by atoms with Crippen LogP contribution in [0.25, 0.3) is 0 Å². The molecular weight excluding hydrogens is 248 g/mol. The number of alkyl halides is 1. The molecule has 0 spiro atoms. The van der Waals surface area contributed by atoms with Gasteiger partial charge in [0.1, 0.15) is 0 Å². The zero-order valence-electron chi connectivity index (χ0n) is 7.68. The molecule has 0 bridgehead atoms. The number of aliphatic hydroxyl groups excluding tert-OH is 1. The van der Waals surface area contributed by atoms with Gasteiger partial charge in [-0.2, -0.15) is 0 Å². The van der Waals surface area contributed by atoms with Gasteiger partial charge < -0.3 is 9.84 Å². The topological polar surface area (TPSA) is 46.5 Å². The summed E-state index contributed by atoms with van der Waals surface area (Å²) in [6, 6.07) is 9.20. The van der Waals surface area contributed by atoms with Gasteiger partial charge in [0.05, 0.1) is 11.9 Å². The van der Waals surface area contributed by atoms with Crippen LogP contribution in [-0.4, -0.2) is 24.3 Å². The minimum absolute atomic E-state index is 0.434. The second kappa shape index (κ2) is 5.12. The molecule has 0 radical (unpaired) electrons. The number of hydrogen-bond donors (Lipinski definition) is 1. The molecule has 0 aliphatic rings. The van der Waals surface area contributed by atoms with E-state index < -0.39 is 16.9 Å². The van der Waals surface area contributed by atoms with Crippen LogP contribution in [-0.2, 0) is 9.53 Å². The Hall–Kier alpha value is -0.870. The summed E-state index contributed by atoms with van der Waals surface area (Å²) in [6.07, 6.45) is -1.18. The monoisotopic (exact) mass is 258 g/mol. The van der Waals surface area contributed by atoms with Crippen LogP contribution in [0.2, 0.25) is 0 Å². The number of carbonyl (C=O) groups is 1. The van der Waals surface area contributed by atoms with Gasteiger partial charge in [0.25, 0.3) is 0 Å². The lowest BCUT2D eigenvalue weighted by molar-refractivity contribution is -0.150. The Morgan fingerprint density at radius 1 is 1.43 bits per heavy atom. The van der Waals surface area contributed by atoms with E-state index in [9.17, 15) is 9.90 Å². The van der Waals surface area contributed by atoms with Crippen LogP contribution >= 0.6 is 15.9 Å². The summed E-state index contributed by atoms with van der Waals surface area (Å²) in [7, 11) is 1.25. The van der Waals surface area contributed by atoms with Crippen molar-refractivity contribution in [1.82, 2.24) is 0 Å². The fourth-order valence-corrected chi connectivity index (χ4v) is 1.58. The molecule has 0 fully saturated rings. The zero-order chi connectivity index (χ0) is 10.6. The molecule has 0 aromatic heterocycles. The van der Waals surface area contributed by atoms with Crippen molar-refractivity contribution in [3.8, 4) is 0 Å². The molecule has 14 heavy (non-hydrogen) atoms. The van der Waals surface area contributed by atoms with Gasteiger partial charge in [0, 0.05) is 0 Å².